The van der Waals surface area contributed by atoms with Crippen LogP contribution in [0.5, 0.6) is 5.75 Å². The molecule has 2 rings (SSSR count). The third kappa shape index (κ3) is 3.80. The molecule has 0 heterocycles. The summed E-state index contributed by atoms with van der Waals surface area (Å²) in [4.78, 5) is 0. The minimum atomic E-state index is -0.115. The normalized spacial score (nSPS) is 12.3. The summed E-state index contributed by atoms with van der Waals surface area (Å²) < 4.78 is 0.933. The average Bonchev–Trinajstić information content (AvgIpc) is 2.44. The predicted octanol–water partition coefficient (Wildman–Crippen LogP) is 2.98. The molecule has 2 aromatic rings. The summed E-state index contributed by atoms with van der Waals surface area (Å²) in [6.07, 6.45) is 0. The molecule has 1 unspecified atom stereocenters. The van der Waals surface area contributed by atoms with E-state index in [9.17, 15) is 10.2 Å². The van der Waals surface area contributed by atoms with Gasteiger partial charge < -0.3 is 15.5 Å². The molecule has 3 N–H and O–H groups in total. The lowest BCUT2D eigenvalue weighted by atomic mass is 10.1. The maximum absolute atomic E-state index is 9.48. The minimum Gasteiger partial charge on any atom is -0.508 e. The molecule has 0 amide bonds. The largest absolute Gasteiger partial charge is 0.508 e. The van der Waals surface area contributed by atoms with Crippen molar-refractivity contribution in [3.63, 3.8) is 0 Å². The number of aromatic hydroxyl groups is 1. The summed E-state index contributed by atoms with van der Waals surface area (Å²) in [5.74, 6) is 0.236. The Hall–Kier alpha value is -1.36. The Morgan fingerprint density at radius 3 is 2.53 bits per heavy atom. The van der Waals surface area contributed by atoms with Crippen molar-refractivity contribution >= 4 is 15.9 Å². The molecular weight excluding hydrogens is 306 g/mol. The van der Waals surface area contributed by atoms with E-state index >= 15 is 0 Å². The molecule has 0 spiro atoms. The van der Waals surface area contributed by atoms with Crippen molar-refractivity contribution in [2.24, 2.45) is 0 Å². The Labute approximate surface area is 121 Å². The molecule has 0 radical (unpaired) electrons. The van der Waals surface area contributed by atoms with E-state index in [4.69, 9.17) is 0 Å². The van der Waals surface area contributed by atoms with Gasteiger partial charge in [0.05, 0.1) is 12.6 Å². The highest BCUT2D eigenvalue weighted by Gasteiger charge is 2.10. The quantitative estimate of drug-likeness (QED) is 0.793. The summed E-state index contributed by atoms with van der Waals surface area (Å²) >= 11 is 3.45. The lowest BCUT2D eigenvalue weighted by molar-refractivity contribution is 0.243. The molecule has 0 saturated heterocycles. The van der Waals surface area contributed by atoms with E-state index in [1.807, 2.05) is 36.4 Å². The summed E-state index contributed by atoms with van der Waals surface area (Å²) in [7, 11) is 0. The lowest BCUT2D eigenvalue weighted by Crippen LogP contribution is -2.24. The standard InChI is InChI=1S/C15H16BrNO2/c16-14-7-6-13(19)8-12(14)9-17-15(10-18)11-4-2-1-3-5-11/h1-8,15,17-19H,9-10H2. The molecule has 1 atom stereocenters. The van der Waals surface area contributed by atoms with Gasteiger partial charge >= 0.3 is 0 Å². The number of benzene rings is 2. The molecule has 0 aliphatic carbocycles. The van der Waals surface area contributed by atoms with Crippen molar-refractivity contribution in [1.82, 2.24) is 5.32 Å². The van der Waals surface area contributed by atoms with Crippen LogP contribution in [0.25, 0.3) is 0 Å². The van der Waals surface area contributed by atoms with Gasteiger partial charge in [-0.25, -0.2) is 0 Å². The van der Waals surface area contributed by atoms with Crippen LogP contribution in [-0.4, -0.2) is 16.8 Å². The minimum absolute atomic E-state index is 0.0282. The third-order valence-corrected chi connectivity index (χ3v) is 3.73. The third-order valence-electron chi connectivity index (χ3n) is 2.95. The van der Waals surface area contributed by atoms with Gasteiger partial charge in [0.25, 0.3) is 0 Å². The van der Waals surface area contributed by atoms with Gasteiger partial charge in [-0.05, 0) is 29.3 Å². The van der Waals surface area contributed by atoms with Gasteiger partial charge in [-0.1, -0.05) is 46.3 Å². The van der Waals surface area contributed by atoms with E-state index in [2.05, 4.69) is 21.2 Å². The van der Waals surface area contributed by atoms with Crippen LogP contribution >= 0.6 is 15.9 Å². The molecule has 0 aromatic heterocycles. The zero-order valence-electron chi connectivity index (χ0n) is 10.4. The van der Waals surface area contributed by atoms with Gasteiger partial charge in [-0.3, -0.25) is 0 Å². The Morgan fingerprint density at radius 1 is 1.11 bits per heavy atom. The Kier molecular flexibility index (Phi) is 4.96. The first kappa shape index (κ1) is 14.1. The van der Waals surface area contributed by atoms with E-state index in [0.29, 0.717) is 6.54 Å². The summed E-state index contributed by atoms with van der Waals surface area (Å²) in [6.45, 7) is 0.593. The maximum Gasteiger partial charge on any atom is 0.115 e. The van der Waals surface area contributed by atoms with E-state index in [0.717, 1.165) is 15.6 Å². The number of hydrogen-bond donors (Lipinski definition) is 3. The molecule has 0 saturated carbocycles. The zero-order valence-corrected chi connectivity index (χ0v) is 12.0. The van der Waals surface area contributed by atoms with Crippen LogP contribution in [0.2, 0.25) is 0 Å². The average molecular weight is 322 g/mol. The van der Waals surface area contributed by atoms with E-state index < -0.39 is 0 Å². The fourth-order valence-corrected chi connectivity index (χ4v) is 2.29. The number of nitrogens with one attached hydrogen (secondary N) is 1. The molecule has 0 fully saturated rings. The second kappa shape index (κ2) is 6.70. The SMILES string of the molecule is OCC(NCc1cc(O)ccc1Br)c1ccccc1. The number of hydrogen-bond acceptors (Lipinski definition) is 3. The van der Waals surface area contributed by atoms with Crippen LogP contribution in [0.4, 0.5) is 0 Å². The van der Waals surface area contributed by atoms with Crippen molar-refractivity contribution < 1.29 is 10.2 Å². The van der Waals surface area contributed by atoms with Crippen molar-refractivity contribution in [3.8, 4) is 5.75 Å². The van der Waals surface area contributed by atoms with Crippen LogP contribution in [0.1, 0.15) is 17.2 Å². The summed E-state index contributed by atoms with van der Waals surface area (Å²) in [6, 6.07) is 14.8. The molecule has 0 bridgehead atoms. The maximum atomic E-state index is 9.48. The number of phenolic OH excluding ortho intramolecular Hbond substituents is 1. The molecule has 100 valence electrons. The van der Waals surface area contributed by atoms with Crippen molar-refractivity contribution in [3.05, 3.63) is 64.1 Å². The van der Waals surface area contributed by atoms with Crippen LogP contribution < -0.4 is 5.32 Å². The van der Waals surface area contributed by atoms with E-state index in [1.54, 1.807) is 12.1 Å². The van der Waals surface area contributed by atoms with Crippen molar-refractivity contribution in [1.29, 1.82) is 0 Å². The Bertz CT molecular complexity index is 531. The molecule has 4 heteroatoms. The van der Waals surface area contributed by atoms with Crippen molar-refractivity contribution in [2.45, 2.75) is 12.6 Å². The van der Waals surface area contributed by atoms with Gasteiger partial charge in [-0.15, -0.1) is 0 Å². The fraction of sp³-hybridized carbons (Fsp3) is 0.200. The first-order valence-corrected chi connectivity index (χ1v) is 6.86. The van der Waals surface area contributed by atoms with Crippen LogP contribution in [0, 0.1) is 0 Å². The first-order chi connectivity index (χ1) is 9.20. The first-order valence-electron chi connectivity index (χ1n) is 6.07. The monoisotopic (exact) mass is 321 g/mol. The predicted molar refractivity (Wildman–Crippen MR) is 78.9 cm³/mol. The van der Waals surface area contributed by atoms with E-state index in [1.165, 1.54) is 0 Å². The van der Waals surface area contributed by atoms with Crippen LogP contribution in [0.3, 0.4) is 0 Å². The second-order valence-corrected chi connectivity index (χ2v) is 5.16. The number of phenols is 1. The van der Waals surface area contributed by atoms with E-state index in [-0.39, 0.29) is 18.4 Å². The second-order valence-electron chi connectivity index (χ2n) is 4.30. The number of aliphatic hydroxyl groups excluding tert-OH is 1. The highest BCUT2D eigenvalue weighted by molar-refractivity contribution is 9.10. The van der Waals surface area contributed by atoms with Gasteiger partial charge in [0, 0.05) is 11.0 Å². The van der Waals surface area contributed by atoms with Gasteiger partial charge in [0.15, 0.2) is 0 Å². The number of rotatable bonds is 5. The molecule has 3 nitrogen and oxygen atoms in total. The summed E-state index contributed by atoms with van der Waals surface area (Å²) in [5, 5.41) is 22.2. The number of aliphatic hydroxyl groups is 1. The zero-order chi connectivity index (χ0) is 13.7. The van der Waals surface area contributed by atoms with Gasteiger partial charge in [-0.2, -0.15) is 0 Å². The Balaban J connectivity index is 2.06. The fourth-order valence-electron chi connectivity index (χ4n) is 1.90. The van der Waals surface area contributed by atoms with Gasteiger partial charge in [0.1, 0.15) is 5.75 Å². The van der Waals surface area contributed by atoms with Crippen LogP contribution in [0.15, 0.2) is 53.0 Å². The van der Waals surface area contributed by atoms with Crippen LogP contribution in [-0.2, 0) is 6.54 Å². The summed E-state index contributed by atoms with van der Waals surface area (Å²) in [5.41, 5.74) is 2.00. The highest BCUT2D eigenvalue weighted by atomic mass is 79.9. The highest BCUT2D eigenvalue weighted by Crippen LogP contribution is 2.22. The number of halogens is 1. The molecule has 19 heavy (non-hydrogen) atoms. The van der Waals surface area contributed by atoms with Crippen molar-refractivity contribution in [2.75, 3.05) is 6.61 Å². The molecule has 2 aromatic carbocycles. The molecule has 0 aliphatic heterocycles. The molecule has 0 aliphatic rings. The lowest BCUT2D eigenvalue weighted by Gasteiger charge is -2.17. The van der Waals surface area contributed by atoms with Gasteiger partial charge in [0.2, 0.25) is 0 Å². The topological polar surface area (TPSA) is 52.5 Å². The molecular formula is C15H16BrNO2. The Morgan fingerprint density at radius 2 is 1.84 bits per heavy atom. The smallest absolute Gasteiger partial charge is 0.115 e.